The Morgan fingerprint density at radius 3 is 2.71 bits per heavy atom. The molecule has 1 amide bonds. The molecule has 1 aromatic carbocycles. The van der Waals surface area contributed by atoms with Gasteiger partial charge in [0.15, 0.2) is 0 Å². The molecule has 0 unspecified atom stereocenters. The van der Waals surface area contributed by atoms with Gasteiger partial charge in [-0.3, -0.25) is 9.59 Å². The second-order valence-corrected chi connectivity index (χ2v) is 4.97. The average molecular weight is 329 g/mol. The Balaban J connectivity index is 1.96. The lowest BCUT2D eigenvalue weighted by Crippen LogP contribution is -2.19. The van der Waals surface area contributed by atoms with Gasteiger partial charge in [0.2, 0.25) is 5.91 Å². The van der Waals surface area contributed by atoms with Crippen LogP contribution in [0.2, 0.25) is 10.0 Å². The number of anilines is 1. The number of hydrogen-bond donors (Lipinski definition) is 2. The van der Waals surface area contributed by atoms with Crippen LogP contribution in [0, 0.1) is 0 Å². The fourth-order valence-electron chi connectivity index (χ4n) is 1.57. The Morgan fingerprint density at radius 2 is 2.05 bits per heavy atom. The third-order valence-corrected chi connectivity index (χ3v) is 3.17. The summed E-state index contributed by atoms with van der Waals surface area (Å²) < 4.78 is 1.26. The number of carbonyl (C=O) groups excluding carboxylic acids is 1. The van der Waals surface area contributed by atoms with Gasteiger partial charge >= 0.3 is 5.97 Å². The fraction of sp³-hybridized carbons (Fsp3) is 0.167. The van der Waals surface area contributed by atoms with Crippen LogP contribution in [0.15, 0.2) is 24.4 Å². The number of benzene rings is 1. The zero-order chi connectivity index (χ0) is 15.4. The highest BCUT2D eigenvalue weighted by atomic mass is 35.5. The van der Waals surface area contributed by atoms with Crippen molar-refractivity contribution in [2.45, 2.75) is 13.0 Å². The van der Waals surface area contributed by atoms with Gasteiger partial charge in [-0.2, -0.15) is 0 Å². The van der Waals surface area contributed by atoms with E-state index < -0.39 is 5.97 Å². The molecule has 0 atom stereocenters. The Morgan fingerprint density at radius 1 is 1.29 bits per heavy atom. The van der Waals surface area contributed by atoms with E-state index in [2.05, 4.69) is 15.6 Å². The predicted octanol–water partition coefficient (Wildman–Crippen LogP) is 1.85. The van der Waals surface area contributed by atoms with Gasteiger partial charge in [0, 0.05) is 11.9 Å². The first-order valence-electron chi connectivity index (χ1n) is 5.80. The van der Waals surface area contributed by atoms with Crippen LogP contribution in [0.5, 0.6) is 0 Å². The first-order valence-corrected chi connectivity index (χ1v) is 6.55. The number of aliphatic carboxylic acids is 1. The smallest absolute Gasteiger partial charge is 0.309 e. The summed E-state index contributed by atoms with van der Waals surface area (Å²) in [6.07, 6.45) is 1.16. The predicted molar refractivity (Wildman–Crippen MR) is 76.5 cm³/mol. The summed E-state index contributed by atoms with van der Waals surface area (Å²) in [5, 5.41) is 19.3. The van der Waals surface area contributed by atoms with Crippen molar-refractivity contribution in [1.29, 1.82) is 0 Å². The van der Waals surface area contributed by atoms with E-state index >= 15 is 0 Å². The maximum Gasteiger partial charge on any atom is 0.309 e. The van der Waals surface area contributed by atoms with Crippen LogP contribution < -0.4 is 5.32 Å². The third kappa shape index (κ3) is 4.44. The number of carbonyl (C=O) groups is 2. The molecule has 0 aliphatic carbocycles. The van der Waals surface area contributed by atoms with Crippen LogP contribution in [-0.4, -0.2) is 32.0 Å². The highest BCUT2D eigenvalue weighted by molar-refractivity contribution is 6.42. The topological polar surface area (TPSA) is 97.1 Å². The summed E-state index contributed by atoms with van der Waals surface area (Å²) in [5.74, 6) is -1.36. The van der Waals surface area contributed by atoms with E-state index in [9.17, 15) is 9.59 Å². The number of nitrogens with one attached hydrogen (secondary N) is 1. The molecule has 2 N–H and O–H groups in total. The van der Waals surface area contributed by atoms with Crippen LogP contribution in [-0.2, 0) is 22.6 Å². The first-order chi connectivity index (χ1) is 9.94. The van der Waals surface area contributed by atoms with Gasteiger partial charge in [-0.25, -0.2) is 4.68 Å². The molecule has 1 heterocycles. The fourth-order valence-corrected chi connectivity index (χ4v) is 1.87. The lowest BCUT2D eigenvalue weighted by molar-refractivity contribution is -0.136. The van der Waals surface area contributed by atoms with E-state index in [1.165, 1.54) is 16.9 Å². The highest BCUT2D eigenvalue weighted by Gasteiger charge is 2.09. The molecular weight excluding hydrogens is 319 g/mol. The van der Waals surface area contributed by atoms with Crippen LogP contribution in [0.3, 0.4) is 0 Å². The third-order valence-electron chi connectivity index (χ3n) is 2.43. The number of rotatable bonds is 5. The molecule has 0 radical (unpaired) electrons. The van der Waals surface area contributed by atoms with E-state index in [4.69, 9.17) is 28.3 Å². The summed E-state index contributed by atoms with van der Waals surface area (Å²) >= 11 is 11.6. The van der Waals surface area contributed by atoms with Crippen molar-refractivity contribution in [3.05, 3.63) is 40.1 Å². The van der Waals surface area contributed by atoms with Gasteiger partial charge in [0.05, 0.1) is 22.2 Å². The van der Waals surface area contributed by atoms with Crippen molar-refractivity contribution in [3.8, 4) is 0 Å². The quantitative estimate of drug-likeness (QED) is 0.872. The normalized spacial score (nSPS) is 10.4. The van der Waals surface area contributed by atoms with Crippen molar-refractivity contribution >= 4 is 40.8 Å². The summed E-state index contributed by atoms with van der Waals surface area (Å²) in [6.45, 7) is -0.0904. The van der Waals surface area contributed by atoms with Crippen LogP contribution in [0.25, 0.3) is 0 Å². The molecule has 0 saturated carbocycles. The molecule has 0 spiro atoms. The largest absolute Gasteiger partial charge is 0.481 e. The van der Waals surface area contributed by atoms with Crippen LogP contribution in [0.1, 0.15) is 5.69 Å². The molecule has 110 valence electrons. The number of hydrogen-bond acceptors (Lipinski definition) is 4. The minimum atomic E-state index is -1.01. The second-order valence-electron chi connectivity index (χ2n) is 4.16. The molecule has 21 heavy (non-hydrogen) atoms. The highest BCUT2D eigenvalue weighted by Crippen LogP contribution is 2.24. The lowest BCUT2D eigenvalue weighted by Gasteiger charge is -2.06. The summed E-state index contributed by atoms with van der Waals surface area (Å²) in [4.78, 5) is 22.3. The lowest BCUT2D eigenvalue weighted by atomic mass is 10.3. The molecule has 2 aromatic rings. The van der Waals surface area contributed by atoms with Gasteiger partial charge in [-0.15, -0.1) is 5.10 Å². The average Bonchev–Trinajstić information content (AvgIpc) is 2.80. The molecule has 0 saturated heterocycles. The summed E-state index contributed by atoms with van der Waals surface area (Å²) in [7, 11) is 0. The monoisotopic (exact) mass is 328 g/mol. The van der Waals surface area contributed by atoms with Gasteiger partial charge < -0.3 is 10.4 Å². The summed E-state index contributed by atoms with van der Waals surface area (Å²) in [6, 6.07) is 4.71. The van der Waals surface area contributed by atoms with Crippen molar-refractivity contribution in [2.75, 3.05) is 5.32 Å². The first kappa shape index (κ1) is 15.3. The molecule has 9 heteroatoms. The Labute approximate surface area is 129 Å². The molecule has 7 nitrogen and oxygen atoms in total. The van der Waals surface area contributed by atoms with Gasteiger partial charge in [-0.1, -0.05) is 28.4 Å². The zero-order valence-electron chi connectivity index (χ0n) is 10.6. The van der Waals surface area contributed by atoms with Gasteiger partial charge in [0.1, 0.15) is 6.54 Å². The number of carboxylic acid groups (broad SMARTS) is 1. The Bertz CT molecular complexity index is 687. The van der Waals surface area contributed by atoms with Crippen molar-refractivity contribution in [1.82, 2.24) is 15.0 Å². The number of amides is 1. The number of halogens is 2. The minimum absolute atomic E-state index is 0.0904. The molecular formula is C12H10Cl2N4O3. The van der Waals surface area contributed by atoms with Crippen LogP contribution >= 0.6 is 23.2 Å². The Hall–Kier alpha value is -2.12. The van der Waals surface area contributed by atoms with Gasteiger partial charge in [-0.05, 0) is 18.2 Å². The van der Waals surface area contributed by atoms with Crippen molar-refractivity contribution < 1.29 is 14.7 Å². The SMILES string of the molecule is O=C(O)Cc1cn(CC(=O)Nc2ccc(Cl)c(Cl)c2)nn1. The summed E-state index contributed by atoms with van der Waals surface area (Å²) in [5.41, 5.74) is 0.783. The van der Waals surface area contributed by atoms with E-state index in [1.54, 1.807) is 12.1 Å². The van der Waals surface area contributed by atoms with Crippen LogP contribution in [0.4, 0.5) is 5.69 Å². The zero-order valence-corrected chi connectivity index (χ0v) is 12.1. The molecule has 0 aliphatic heterocycles. The van der Waals surface area contributed by atoms with Crippen molar-refractivity contribution in [2.24, 2.45) is 0 Å². The minimum Gasteiger partial charge on any atom is -0.481 e. The second kappa shape index (κ2) is 6.55. The van der Waals surface area contributed by atoms with E-state index in [1.807, 2.05) is 0 Å². The van der Waals surface area contributed by atoms with E-state index in [0.717, 1.165) is 0 Å². The number of aromatic nitrogens is 3. The van der Waals surface area contributed by atoms with E-state index in [0.29, 0.717) is 15.7 Å². The maximum atomic E-state index is 11.8. The number of carboxylic acids is 1. The molecule has 2 rings (SSSR count). The molecule has 0 fully saturated rings. The van der Waals surface area contributed by atoms with E-state index in [-0.39, 0.29) is 24.6 Å². The molecule has 1 aromatic heterocycles. The van der Waals surface area contributed by atoms with Crippen molar-refractivity contribution in [3.63, 3.8) is 0 Å². The van der Waals surface area contributed by atoms with Gasteiger partial charge in [0.25, 0.3) is 0 Å². The molecule has 0 bridgehead atoms. The maximum absolute atomic E-state index is 11.8. The Kier molecular flexibility index (Phi) is 4.77. The molecule has 0 aliphatic rings. The number of nitrogens with zero attached hydrogens (tertiary/aromatic N) is 3. The standard InChI is InChI=1S/C12H10Cl2N4O3/c13-9-2-1-7(3-10(9)14)15-11(19)6-18-5-8(16-17-18)4-12(20)21/h1-3,5H,4,6H2,(H,15,19)(H,20,21).